The molecule has 0 bridgehead atoms. The molecule has 1 aliphatic carbocycles. The number of nitrogens with zero attached hydrogens (tertiary/aromatic N) is 2. The predicted octanol–water partition coefficient (Wildman–Crippen LogP) is 3.69. The summed E-state index contributed by atoms with van der Waals surface area (Å²) in [5, 5.41) is 0. The van der Waals surface area contributed by atoms with E-state index in [-0.39, 0.29) is 36.8 Å². The molecule has 1 aliphatic heterocycles. The van der Waals surface area contributed by atoms with E-state index >= 15 is 0 Å². The highest BCUT2D eigenvalue weighted by molar-refractivity contribution is 5.95. The quantitative estimate of drug-likeness (QED) is 0.775. The topological polar surface area (TPSA) is 49.9 Å². The van der Waals surface area contributed by atoms with Crippen molar-refractivity contribution in [2.24, 2.45) is 0 Å². The Kier molecular flexibility index (Phi) is 5.51. The fourth-order valence-electron chi connectivity index (χ4n) is 4.44. The van der Waals surface area contributed by atoms with Gasteiger partial charge in [0.25, 0.3) is 5.91 Å². The highest BCUT2D eigenvalue weighted by Crippen LogP contribution is 2.34. The lowest BCUT2D eigenvalue weighted by atomic mass is 9.98. The third-order valence-electron chi connectivity index (χ3n) is 5.94. The van der Waals surface area contributed by atoms with E-state index in [0.717, 1.165) is 31.2 Å². The van der Waals surface area contributed by atoms with Crippen LogP contribution in [0.1, 0.15) is 42.9 Å². The first-order valence-corrected chi connectivity index (χ1v) is 10.1. The number of carbonyl (C=O) groups excluding carboxylic acids is 2. The molecule has 1 saturated carbocycles. The molecule has 2 fully saturated rings. The smallest absolute Gasteiger partial charge is 0.250 e. The molecular formula is C23H25FN2O3. The maximum absolute atomic E-state index is 13.5. The first-order chi connectivity index (χ1) is 14.1. The van der Waals surface area contributed by atoms with Crippen LogP contribution in [-0.4, -0.2) is 41.3 Å². The number of hydrogen-bond donors (Lipinski definition) is 0. The van der Waals surface area contributed by atoms with Crippen molar-refractivity contribution in [1.82, 2.24) is 9.80 Å². The zero-order valence-electron chi connectivity index (χ0n) is 16.5. The van der Waals surface area contributed by atoms with Gasteiger partial charge in [0.2, 0.25) is 5.91 Å². The Morgan fingerprint density at radius 1 is 1.03 bits per heavy atom. The third-order valence-corrected chi connectivity index (χ3v) is 5.94. The molecule has 29 heavy (non-hydrogen) atoms. The van der Waals surface area contributed by atoms with Crippen LogP contribution in [0.25, 0.3) is 0 Å². The van der Waals surface area contributed by atoms with Gasteiger partial charge in [-0.05, 0) is 36.6 Å². The van der Waals surface area contributed by atoms with E-state index in [1.54, 1.807) is 29.0 Å². The number of rotatable bonds is 5. The number of halogens is 1. The lowest BCUT2D eigenvalue weighted by Crippen LogP contribution is -2.57. The second-order valence-electron chi connectivity index (χ2n) is 7.69. The van der Waals surface area contributed by atoms with Gasteiger partial charge in [-0.25, -0.2) is 4.39 Å². The molecular weight excluding hydrogens is 371 g/mol. The number of amides is 2. The van der Waals surface area contributed by atoms with Gasteiger partial charge in [-0.2, -0.15) is 0 Å². The molecule has 0 N–H and O–H groups in total. The average molecular weight is 396 g/mol. The van der Waals surface area contributed by atoms with Gasteiger partial charge in [-0.1, -0.05) is 43.2 Å². The minimum absolute atomic E-state index is 0.0852. The Bertz CT molecular complexity index is 893. The minimum Gasteiger partial charge on any atom is -0.496 e. The van der Waals surface area contributed by atoms with Gasteiger partial charge in [0.05, 0.1) is 13.7 Å². The Morgan fingerprint density at radius 3 is 2.41 bits per heavy atom. The molecule has 2 aliphatic rings. The zero-order valence-corrected chi connectivity index (χ0v) is 16.5. The fourth-order valence-corrected chi connectivity index (χ4v) is 4.44. The Morgan fingerprint density at radius 2 is 1.72 bits per heavy atom. The number of hydrogen-bond acceptors (Lipinski definition) is 3. The lowest BCUT2D eigenvalue weighted by Gasteiger charge is -2.43. The molecule has 2 amide bonds. The minimum atomic E-state index is -0.762. The Hall–Kier alpha value is -2.89. The largest absolute Gasteiger partial charge is 0.496 e. The average Bonchev–Trinajstić information content (AvgIpc) is 3.26. The number of methoxy groups -OCH3 is 1. The molecule has 1 heterocycles. The first kappa shape index (κ1) is 19.4. The lowest BCUT2D eigenvalue weighted by molar-refractivity contribution is -0.159. The molecule has 0 aromatic heterocycles. The second kappa shape index (κ2) is 8.23. The summed E-state index contributed by atoms with van der Waals surface area (Å²) in [5.74, 6) is 0.117. The molecule has 2 aromatic carbocycles. The van der Waals surface area contributed by atoms with Crippen LogP contribution in [0.2, 0.25) is 0 Å². The van der Waals surface area contributed by atoms with Crippen LogP contribution in [0.15, 0.2) is 48.5 Å². The maximum Gasteiger partial charge on any atom is 0.250 e. The van der Waals surface area contributed by atoms with E-state index in [9.17, 15) is 14.0 Å². The van der Waals surface area contributed by atoms with Crippen molar-refractivity contribution < 1.29 is 18.7 Å². The van der Waals surface area contributed by atoms with E-state index in [1.807, 2.05) is 24.3 Å². The summed E-state index contributed by atoms with van der Waals surface area (Å²) in [5.41, 5.74) is 1.46. The third kappa shape index (κ3) is 3.84. The van der Waals surface area contributed by atoms with Gasteiger partial charge >= 0.3 is 0 Å². The van der Waals surface area contributed by atoms with Gasteiger partial charge in [-0.15, -0.1) is 0 Å². The van der Waals surface area contributed by atoms with Gasteiger partial charge in [-0.3, -0.25) is 9.59 Å². The van der Waals surface area contributed by atoms with Crippen LogP contribution >= 0.6 is 0 Å². The number of para-hydroxylation sites is 1. The number of carbonyl (C=O) groups is 2. The molecule has 0 unspecified atom stereocenters. The molecule has 0 radical (unpaired) electrons. The van der Waals surface area contributed by atoms with Crippen molar-refractivity contribution in [3.8, 4) is 5.75 Å². The molecule has 6 heteroatoms. The molecule has 4 rings (SSSR count). The van der Waals surface area contributed by atoms with Gasteiger partial charge in [0, 0.05) is 11.6 Å². The van der Waals surface area contributed by atoms with Crippen molar-refractivity contribution in [1.29, 1.82) is 0 Å². The van der Waals surface area contributed by atoms with E-state index in [2.05, 4.69) is 0 Å². The van der Waals surface area contributed by atoms with Crippen LogP contribution in [-0.2, 0) is 16.1 Å². The number of benzene rings is 2. The summed E-state index contributed by atoms with van der Waals surface area (Å²) in [6.45, 7) is 0.353. The van der Waals surface area contributed by atoms with Crippen LogP contribution in [0.4, 0.5) is 4.39 Å². The van der Waals surface area contributed by atoms with E-state index in [4.69, 9.17) is 4.74 Å². The molecule has 152 valence electrons. The van der Waals surface area contributed by atoms with Crippen LogP contribution in [0.5, 0.6) is 5.75 Å². The molecule has 0 spiro atoms. The van der Waals surface area contributed by atoms with Crippen LogP contribution < -0.4 is 4.74 Å². The summed E-state index contributed by atoms with van der Waals surface area (Å²) in [7, 11) is 1.58. The van der Waals surface area contributed by atoms with Crippen LogP contribution in [0.3, 0.4) is 0 Å². The normalized spacial score (nSPS) is 20.4. The summed E-state index contributed by atoms with van der Waals surface area (Å²) >= 11 is 0. The standard InChI is InChI=1S/C23H25FN2O3/c1-29-20-9-5-2-6-17(20)14-26-21(27)15-25(19-7-3-4-8-19)23(28)22(26)16-10-12-18(24)13-11-16/h2,5-6,9-13,19,22H,3-4,7-8,14-15H2,1H3/t22-/m0/s1. The maximum atomic E-state index is 13.5. The summed E-state index contributed by atoms with van der Waals surface area (Å²) in [6.07, 6.45) is 4.02. The summed E-state index contributed by atoms with van der Waals surface area (Å²) in [6, 6.07) is 12.7. The van der Waals surface area contributed by atoms with E-state index in [0.29, 0.717) is 11.3 Å². The van der Waals surface area contributed by atoms with Crippen molar-refractivity contribution in [2.75, 3.05) is 13.7 Å². The second-order valence-corrected chi connectivity index (χ2v) is 7.69. The number of ether oxygens (including phenoxy) is 1. The van der Waals surface area contributed by atoms with Gasteiger partial charge in [0.15, 0.2) is 0 Å². The first-order valence-electron chi connectivity index (χ1n) is 10.1. The SMILES string of the molecule is COc1ccccc1CN1C(=O)CN(C2CCCC2)C(=O)[C@@H]1c1ccc(F)cc1. The Balaban J connectivity index is 1.70. The molecule has 1 saturated heterocycles. The van der Waals surface area contributed by atoms with Crippen molar-refractivity contribution in [3.05, 3.63) is 65.5 Å². The van der Waals surface area contributed by atoms with Crippen LogP contribution in [0, 0.1) is 5.82 Å². The highest BCUT2D eigenvalue weighted by atomic mass is 19.1. The number of piperazine rings is 1. The summed E-state index contributed by atoms with van der Waals surface area (Å²) in [4.78, 5) is 30.0. The Labute approximate surface area is 170 Å². The summed E-state index contributed by atoms with van der Waals surface area (Å²) < 4.78 is 18.9. The fraction of sp³-hybridized carbons (Fsp3) is 0.391. The van der Waals surface area contributed by atoms with E-state index in [1.165, 1.54) is 12.1 Å². The van der Waals surface area contributed by atoms with Crippen molar-refractivity contribution in [3.63, 3.8) is 0 Å². The van der Waals surface area contributed by atoms with E-state index < -0.39 is 6.04 Å². The van der Waals surface area contributed by atoms with Crippen molar-refractivity contribution >= 4 is 11.8 Å². The van der Waals surface area contributed by atoms with Crippen molar-refractivity contribution in [2.45, 2.75) is 44.3 Å². The monoisotopic (exact) mass is 396 g/mol. The predicted molar refractivity (Wildman–Crippen MR) is 107 cm³/mol. The molecule has 2 aromatic rings. The molecule has 5 nitrogen and oxygen atoms in total. The zero-order chi connectivity index (χ0) is 20.4. The van der Waals surface area contributed by atoms with Gasteiger partial charge < -0.3 is 14.5 Å². The van der Waals surface area contributed by atoms with Gasteiger partial charge in [0.1, 0.15) is 24.2 Å². The highest BCUT2D eigenvalue weighted by Gasteiger charge is 2.43. The molecule has 1 atom stereocenters.